The van der Waals surface area contributed by atoms with E-state index in [4.69, 9.17) is 9.47 Å². The number of methoxy groups -OCH3 is 2. The van der Waals surface area contributed by atoms with Gasteiger partial charge in [0.05, 0.1) is 20.3 Å². The summed E-state index contributed by atoms with van der Waals surface area (Å²) in [6, 6.07) is 12.3. The fraction of sp³-hybridized carbons (Fsp3) is 0.333. The van der Waals surface area contributed by atoms with Gasteiger partial charge in [-0.1, -0.05) is 12.1 Å². The van der Waals surface area contributed by atoms with Gasteiger partial charge in [0, 0.05) is 30.4 Å². The van der Waals surface area contributed by atoms with Crippen molar-refractivity contribution < 1.29 is 19.1 Å². The van der Waals surface area contributed by atoms with Crippen molar-refractivity contribution in [3.8, 4) is 11.5 Å². The number of amides is 2. The second kappa shape index (κ2) is 9.75. The van der Waals surface area contributed by atoms with Crippen LogP contribution in [0.2, 0.25) is 0 Å². The lowest BCUT2D eigenvalue weighted by molar-refractivity contribution is -0.120. The van der Waals surface area contributed by atoms with Gasteiger partial charge in [0.15, 0.2) is 11.5 Å². The fourth-order valence-corrected chi connectivity index (χ4v) is 2.77. The molecule has 0 aliphatic rings. The third kappa shape index (κ3) is 5.47. The maximum atomic E-state index is 12.6. The Kier molecular flexibility index (Phi) is 7.40. The largest absolute Gasteiger partial charge is 0.493 e. The fourth-order valence-electron chi connectivity index (χ4n) is 2.77. The molecule has 0 saturated carbocycles. The molecule has 0 saturated heterocycles. The van der Waals surface area contributed by atoms with Crippen LogP contribution in [0, 0.1) is 0 Å². The van der Waals surface area contributed by atoms with Gasteiger partial charge in [-0.2, -0.15) is 0 Å². The number of hydrogen-bond acceptors (Lipinski definition) is 5. The van der Waals surface area contributed by atoms with E-state index in [0.29, 0.717) is 29.4 Å². The summed E-state index contributed by atoms with van der Waals surface area (Å²) in [4.78, 5) is 25.6. The molecule has 0 radical (unpaired) electrons. The highest BCUT2D eigenvalue weighted by Crippen LogP contribution is 2.31. The van der Waals surface area contributed by atoms with Crippen molar-refractivity contribution in [1.82, 2.24) is 4.90 Å². The summed E-state index contributed by atoms with van der Waals surface area (Å²) >= 11 is 0. The average molecular weight is 385 g/mol. The molecule has 0 bridgehead atoms. The maximum absolute atomic E-state index is 12.6. The van der Waals surface area contributed by atoms with Crippen LogP contribution in [-0.2, 0) is 16.1 Å². The van der Waals surface area contributed by atoms with Crippen LogP contribution >= 0.6 is 0 Å². The summed E-state index contributed by atoms with van der Waals surface area (Å²) in [5, 5.41) is 5.58. The Morgan fingerprint density at radius 2 is 1.61 bits per heavy atom. The number of para-hydroxylation sites is 1. The first kappa shape index (κ1) is 21.2. The number of anilines is 2. The maximum Gasteiger partial charge on any atom is 0.241 e. The summed E-state index contributed by atoms with van der Waals surface area (Å²) in [5.74, 6) is 1.06. The molecule has 1 unspecified atom stereocenters. The van der Waals surface area contributed by atoms with Gasteiger partial charge in [0.1, 0.15) is 0 Å². The number of hydrogen-bond donors (Lipinski definition) is 2. The van der Waals surface area contributed by atoms with Crippen LogP contribution in [-0.4, -0.2) is 44.0 Å². The van der Waals surface area contributed by atoms with Crippen molar-refractivity contribution in [3.05, 3.63) is 48.0 Å². The summed E-state index contributed by atoms with van der Waals surface area (Å²) in [5.41, 5.74) is 2.28. The third-order valence-electron chi connectivity index (χ3n) is 4.42. The van der Waals surface area contributed by atoms with Crippen LogP contribution < -0.4 is 20.1 Å². The molecular formula is C21H27N3O4. The molecule has 0 aliphatic carbocycles. The summed E-state index contributed by atoms with van der Waals surface area (Å²) in [7, 11) is 5.07. The smallest absolute Gasteiger partial charge is 0.241 e. The molecule has 0 spiro atoms. The van der Waals surface area contributed by atoms with Gasteiger partial charge < -0.3 is 20.1 Å². The molecule has 150 valence electrons. The van der Waals surface area contributed by atoms with E-state index in [1.807, 2.05) is 37.1 Å². The molecule has 1 atom stereocenters. The first-order valence-electron chi connectivity index (χ1n) is 8.94. The van der Waals surface area contributed by atoms with Gasteiger partial charge in [-0.15, -0.1) is 0 Å². The molecule has 0 heterocycles. The Labute approximate surface area is 165 Å². The lowest BCUT2D eigenvalue weighted by atomic mass is 10.1. The van der Waals surface area contributed by atoms with Gasteiger partial charge >= 0.3 is 0 Å². The number of nitrogens with one attached hydrogen (secondary N) is 2. The van der Waals surface area contributed by atoms with E-state index in [2.05, 4.69) is 10.6 Å². The van der Waals surface area contributed by atoms with E-state index in [-0.39, 0.29) is 17.9 Å². The first-order valence-corrected chi connectivity index (χ1v) is 8.94. The zero-order valence-corrected chi connectivity index (χ0v) is 16.9. The van der Waals surface area contributed by atoms with Crippen molar-refractivity contribution in [2.24, 2.45) is 0 Å². The Hall–Kier alpha value is -3.06. The SMILES string of the molecule is COc1cccc(CN(C)C(C)C(=O)Nc2ccc(NC(C)=O)cc2)c1OC. The average Bonchev–Trinajstić information content (AvgIpc) is 2.68. The summed E-state index contributed by atoms with van der Waals surface area (Å²) in [6.45, 7) is 3.81. The first-order chi connectivity index (χ1) is 13.3. The van der Waals surface area contributed by atoms with E-state index >= 15 is 0 Å². The molecule has 7 heteroatoms. The highest BCUT2D eigenvalue weighted by Gasteiger charge is 2.20. The Morgan fingerprint density at radius 3 is 2.14 bits per heavy atom. The number of rotatable bonds is 8. The lowest BCUT2D eigenvalue weighted by Crippen LogP contribution is -2.39. The number of ether oxygens (including phenoxy) is 2. The third-order valence-corrected chi connectivity index (χ3v) is 4.42. The second-order valence-corrected chi connectivity index (χ2v) is 6.49. The monoisotopic (exact) mass is 385 g/mol. The van der Waals surface area contributed by atoms with E-state index in [1.165, 1.54) is 6.92 Å². The van der Waals surface area contributed by atoms with Crippen LogP contribution in [0.25, 0.3) is 0 Å². The Balaban J connectivity index is 2.02. The van der Waals surface area contributed by atoms with Crippen LogP contribution in [0.1, 0.15) is 19.4 Å². The molecule has 2 amide bonds. The van der Waals surface area contributed by atoms with Gasteiger partial charge in [0.2, 0.25) is 11.8 Å². The minimum atomic E-state index is -0.370. The Morgan fingerprint density at radius 1 is 1.00 bits per heavy atom. The molecule has 0 aromatic heterocycles. The molecule has 28 heavy (non-hydrogen) atoms. The van der Waals surface area contributed by atoms with Gasteiger partial charge in [-0.05, 0) is 44.3 Å². The van der Waals surface area contributed by atoms with E-state index in [1.54, 1.807) is 38.5 Å². The zero-order chi connectivity index (χ0) is 20.7. The van der Waals surface area contributed by atoms with Crippen molar-refractivity contribution in [2.45, 2.75) is 26.4 Å². The number of carbonyl (C=O) groups is 2. The van der Waals surface area contributed by atoms with E-state index < -0.39 is 0 Å². The molecule has 2 aromatic rings. The highest BCUT2D eigenvalue weighted by atomic mass is 16.5. The van der Waals surface area contributed by atoms with Crippen LogP contribution in [0.15, 0.2) is 42.5 Å². The van der Waals surface area contributed by atoms with Crippen molar-refractivity contribution in [3.63, 3.8) is 0 Å². The van der Waals surface area contributed by atoms with Crippen LogP contribution in [0.5, 0.6) is 11.5 Å². The predicted molar refractivity (Wildman–Crippen MR) is 110 cm³/mol. The quantitative estimate of drug-likeness (QED) is 0.730. The summed E-state index contributed by atoms with van der Waals surface area (Å²) in [6.07, 6.45) is 0. The molecule has 2 rings (SSSR count). The molecule has 7 nitrogen and oxygen atoms in total. The van der Waals surface area contributed by atoms with Crippen LogP contribution in [0.4, 0.5) is 11.4 Å². The zero-order valence-electron chi connectivity index (χ0n) is 16.9. The minimum Gasteiger partial charge on any atom is -0.493 e. The van der Waals surface area contributed by atoms with Crippen molar-refractivity contribution in [2.75, 3.05) is 31.9 Å². The summed E-state index contributed by atoms with van der Waals surface area (Å²) < 4.78 is 10.8. The van der Waals surface area contributed by atoms with Crippen molar-refractivity contribution >= 4 is 23.2 Å². The standard InChI is InChI=1S/C21H27N3O4/c1-14(21(26)23-18-11-9-17(10-12-18)22-15(2)25)24(3)13-16-7-6-8-19(27-4)20(16)28-5/h6-12,14H,13H2,1-5H3,(H,22,25)(H,23,26). The topological polar surface area (TPSA) is 79.9 Å². The number of benzene rings is 2. The lowest BCUT2D eigenvalue weighted by Gasteiger charge is -2.25. The Bertz CT molecular complexity index is 821. The van der Waals surface area contributed by atoms with Gasteiger partial charge in [0.25, 0.3) is 0 Å². The second-order valence-electron chi connectivity index (χ2n) is 6.49. The molecule has 2 N–H and O–H groups in total. The highest BCUT2D eigenvalue weighted by molar-refractivity contribution is 5.95. The predicted octanol–water partition coefficient (Wildman–Crippen LogP) is 3.12. The molecule has 0 fully saturated rings. The minimum absolute atomic E-state index is 0.128. The molecule has 2 aromatic carbocycles. The van der Waals surface area contributed by atoms with Gasteiger partial charge in [-0.25, -0.2) is 0 Å². The van der Waals surface area contributed by atoms with E-state index in [0.717, 1.165) is 5.56 Å². The normalized spacial score (nSPS) is 11.6. The van der Waals surface area contributed by atoms with E-state index in [9.17, 15) is 9.59 Å². The number of likely N-dealkylation sites (N-methyl/N-ethyl adjacent to an activating group) is 1. The number of nitrogens with zero attached hydrogens (tertiary/aromatic N) is 1. The molecule has 0 aliphatic heterocycles. The van der Waals surface area contributed by atoms with Crippen molar-refractivity contribution in [1.29, 1.82) is 0 Å². The van der Waals surface area contributed by atoms with Crippen LogP contribution in [0.3, 0.4) is 0 Å². The number of carbonyl (C=O) groups excluding carboxylic acids is 2. The van der Waals surface area contributed by atoms with Gasteiger partial charge in [-0.3, -0.25) is 14.5 Å². The molecular weight excluding hydrogens is 358 g/mol.